The van der Waals surface area contributed by atoms with Crippen LogP contribution in [-0.2, 0) is 24.2 Å². The third-order valence-corrected chi connectivity index (χ3v) is 7.76. The highest BCUT2D eigenvalue weighted by Gasteiger charge is 2.27. The summed E-state index contributed by atoms with van der Waals surface area (Å²) in [6, 6.07) is 1.67. The highest BCUT2D eigenvalue weighted by Crippen LogP contribution is 2.34. The first-order valence-electron chi connectivity index (χ1n) is 12.0. The van der Waals surface area contributed by atoms with Crippen molar-refractivity contribution in [2.75, 3.05) is 26.8 Å². The van der Waals surface area contributed by atoms with Gasteiger partial charge in [0, 0.05) is 37.4 Å². The Balaban J connectivity index is 1.14. The van der Waals surface area contributed by atoms with Gasteiger partial charge < -0.3 is 14.0 Å². The fourth-order valence-electron chi connectivity index (χ4n) is 4.82. The van der Waals surface area contributed by atoms with Crippen molar-refractivity contribution in [2.24, 2.45) is 11.8 Å². The zero-order chi connectivity index (χ0) is 24.1. The van der Waals surface area contributed by atoms with Crippen molar-refractivity contribution < 1.29 is 27.6 Å². The Morgan fingerprint density at radius 3 is 2.76 bits per heavy atom. The standard InChI is InChI=1S/C24H33F2N3O4S/c1-24(25,26)15-32-23-27-20-14-29(10-8-21(20)34-23)9-7-16-3-5-17(6-4-16)11-18(30)12-19-13-22(31-2)28-33-19/h13,16-17H,3-12,14-15H2,1-2H3. The second-order valence-corrected chi connectivity index (χ2v) is 10.7. The molecule has 3 heterocycles. The van der Waals surface area contributed by atoms with E-state index in [1.165, 1.54) is 18.4 Å². The molecule has 0 saturated heterocycles. The fraction of sp³-hybridized carbons (Fsp3) is 0.708. The number of halogens is 2. The number of hydrogen-bond acceptors (Lipinski definition) is 8. The first-order valence-corrected chi connectivity index (χ1v) is 12.8. The van der Waals surface area contributed by atoms with Crippen LogP contribution in [0.2, 0.25) is 0 Å². The van der Waals surface area contributed by atoms with Gasteiger partial charge in [0.05, 0.1) is 19.2 Å². The van der Waals surface area contributed by atoms with Gasteiger partial charge in [0.25, 0.3) is 17.0 Å². The lowest BCUT2D eigenvalue weighted by atomic mass is 9.78. The second kappa shape index (κ2) is 11.1. The van der Waals surface area contributed by atoms with Crippen LogP contribution >= 0.6 is 11.3 Å². The summed E-state index contributed by atoms with van der Waals surface area (Å²) in [4.78, 5) is 20.4. The predicted octanol–water partition coefficient (Wildman–Crippen LogP) is 4.93. The van der Waals surface area contributed by atoms with E-state index in [1.54, 1.807) is 6.07 Å². The van der Waals surface area contributed by atoms with Crippen LogP contribution in [0, 0.1) is 11.8 Å². The Morgan fingerprint density at radius 1 is 1.29 bits per heavy atom. The molecule has 188 valence electrons. The quantitative estimate of drug-likeness (QED) is 0.436. The van der Waals surface area contributed by atoms with E-state index in [2.05, 4.69) is 15.0 Å². The fourth-order valence-corrected chi connectivity index (χ4v) is 5.73. The number of aromatic nitrogens is 2. The molecule has 0 unspecified atom stereocenters. The first kappa shape index (κ1) is 25.0. The minimum atomic E-state index is -2.85. The highest BCUT2D eigenvalue weighted by atomic mass is 32.1. The highest BCUT2D eigenvalue weighted by molar-refractivity contribution is 7.13. The van der Waals surface area contributed by atoms with Gasteiger partial charge in [0.15, 0.2) is 6.61 Å². The third-order valence-electron chi connectivity index (χ3n) is 6.69. The molecule has 0 bridgehead atoms. The van der Waals surface area contributed by atoms with Crippen molar-refractivity contribution in [3.63, 3.8) is 0 Å². The van der Waals surface area contributed by atoms with E-state index in [9.17, 15) is 13.6 Å². The molecule has 0 aromatic carbocycles. The number of thiazole rings is 1. The molecule has 0 N–H and O–H groups in total. The molecule has 2 aromatic heterocycles. The van der Waals surface area contributed by atoms with Crippen LogP contribution in [0.3, 0.4) is 0 Å². The number of ketones is 1. The van der Waals surface area contributed by atoms with Crippen molar-refractivity contribution in [3.05, 3.63) is 22.4 Å². The number of carbonyl (C=O) groups excluding carboxylic acids is 1. The maximum Gasteiger partial charge on any atom is 0.278 e. The number of carbonyl (C=O) groups is 1. The molecule has 0 atom stereocenters. The van der Waals surface area contributed by atoms with E-state index in [0.29, 0.717) is 35.1 Å². The summed E-state index contributed by atoms with van der Waals surface area (Å²) in [6.07, 6.45) is 7.42. The lowest BCUT2D eigenvalue weighted by molar-refractivity contribution is -0.119. The van der Waals surface area contributed by atoms with Crippen molar-refractivity contribution in [1.82, 2.24) is 15.0 Å². The van der Waals surface area contributed by atoms with Gasteiger partial charge in [-0.1, -0.05) is 24.2 Å². The zero-order valence-corrected chi connectivity index (χ0v) is 20.7. The van der Waals surface area contributed by atoms with Gasteiger partial charge in [-0.25, -0.2) is 13.8 Å². The van der Waals surface area contributed by atoms with E-state index in [0.717, 1.165) is 75.7 Å². The van der Waals surface area contributed by atoms with E-state index >= 15 is 0 Å². The predicted molar refractivity (Wildman–Crippen MR) is 124 cm³/mol. The minimum absolute atomic E-state index is 0.195. The first-order chi connectivity index (χ1) is 16.3. The average Bonchev–Trinajstić information content (AvgIpc) is 3.42. The molecule has 1 aliphatic heterocycles. The number of fused-ring (bicyclic) bond motifs is 1. The van der Waals surface area contributed by atoms with Crippen molar-refractivity contribution in [1.29, 1.82) is 0 Å². The summed E-state index contributed by atoms with van der Waals surface area (Å²) >= 11 is 1.40. The molecule has 0 spiro atoms. The van der Waals surface area contributed by atoms with E-state index in [4.69, 9.17) is 14.0 Å². The van der Waals surface area contributed by atoms with Gasteiger partial charge in [-0.15, -0.1) is 0 Å². The normalized spacial score (nSPS) is 21.3. The van der Waals surface area contributed by atoms with Gasteiger partial charge in [-0.05, 0) is 49.2 Å². The maximum absolute atomic E-state index is 13.0. The molecule has 2 aliphatic rings. The Morgan fingerprint density at radius 2 is 2.06 bits per heavy atom. The molecule has 1 fully saturated rings. The van der Waals surface area contributed by atoms with Gasteiger partial charge in [0.1, 0.15) is 11.5 Å². The van der Waals surface area contributed by atoms with Crippen LogP contribution in [0.15, 0.2) is 10.6 Å². The Hall–Kier alpha value is -2.07. The largest absolute Gasteiger partial charge is 0.479 e. The lowest BCUT2D eigenvalue weighted by Crippen LogP contribution is -2.32. The van der Waals surface area contributed by atoms with E-state index in [1.807, 2.05) is 0 Å². The zero-order valence-electron chi connectivity index (χ0n) is 19.9. The Bertz CT molecular complexity index is 950. The number of nitrogens with zero attached hydrogens (tertiary/aromatic N) is 3. The van der Waals surface area contributed by atoms with Gasteiger partial charge in [-0.2, -0.15) is 0 Å². The number of ether oxygens (including phenoxy) is 2. The van der Waals surface area contributed by atoms with Crippen LogP contribution in [0.1, 0.15) is 61.8 Å². The van der Waals surface area contributed by atoms with Gasteiger partial charge >= 0.3 is 0 Å². The number of methoxy groups -OCH3 is 1. The molecule has 0 radical (unpaired) electrons. The van der Waals surface area contributed by atoms with Gasteiger partial charge in [0.2, 0.25) is 0 Å². The summed E-state index contributed by atoms with van der Waals surface area (Å²) in [5.41, 5.74) is 0.970. The van der Waals surface area contributed by atoms with Crippen LogP contribution in [0.4, 0.5) is 8.78 Å². The Labute approximate surface area is 202 Å². The lowest BCUT2D eigenvalue weighted by Gasteiger charge is -2.31. The number of rotatable bonds is 11. The summed E-state index contributed by atoms with van der Waals surface area (Å²) in [5, 5.41) is 4.09. The smallest absolute Gasteiger partial charge is 0.278 e. The summed E-state index contributed by atoms with van der Waals surface area (Å²) in [6.45, 7) is 2.96. The summed E-state index contributed by atoms with van der Waals surface area (Å²) in [5.74, 6) is -0.557. The van der Waals surface area contributed by atoms with Crippen LogP contribution < -0.4 is 9.47 Å². The topological polar surface area (TPSA) is 77.7 Å². The van der Waals surface area contributed by atoms with Gasteiger partial charge in [-0.3, -0.25) is 9.69 Å². The Kier molecular flexibility index (Phi) is 8.18. The second-order valence-electron chi connectivity index (χ2n) is 9.67. The molecule has 4 rings (SSSR count). The molecule has 34 heavy (non-hydrogen) atoms. The van der Waals surface area contributed by atoms with Crippen molar-refractivity contribution in [2.45, 2.75) is 70.8 Å². The maximum atomic E-state index is 13.0. The summed E-state index contributed by atoms with van der Waals surface area (Å²) in [7, 11) is 1.52. The molecular weight excluding hydrogens is 464 g/mol. The number of hydrogen-bond donors (Lipinski definition) is 0. The minimum Gasteiger partial charge on any atom is -0.479 e. The van der Waals surface area contributed by atoms with Crippen molar-refractivity contribution in [3.8, 4) is 11.1 Å². The van der Waals surface area contributed by atoms with Crippen LogP contribution in [0.25, 0.3) is 0 Å². The molecular formula is C24H33F2N3O4S. The molecule has 0 amide bonds. The molecule has 1 aliphatic carbocycles. The number of alkyl halides is 2. The summed E-state index contributed by atoms with van der Waals surface area (Å²) < 4.78 is 41.4. The third kappa shape index (κ3) is 7.21. The van der Waals surface area contributed by atoms with Crippen molar-refractivity contribution >= 4 is 17.1 Å². The molecule has 2 aromatic rings. The molecule has 1 saturated carbocycles. The number of Topliss-reactive ketones (excluding diaryl/α,β-unsaturated/α-hetero) is 1. The monoisotopic (exact) mass is 497 g/mol. The van der Waals surface area contributed by atoms with Crippen LogP contribution in [0.5, 0.6) is 11.1 Å². The molecule has 7 nitrogen and oxygen atoms in total. The molecule has 10 heteroatoms. The van der Waals surface area contributed by atoms with E-state index < -0.39 is 12.5 Å². The average molecular weight is 498 g/mol. The SMILES string of the molecule is COc1cc(CC(=O)CC2CCC(CCN3CCc4sc(OCC(C)(F)F)nc4C3)CC2)on1. The van der Waals surface area contributed by atoms with Crippen LogP contribution in [-0.4, -0.2) is 53.6 Å². The van der Waals surface area contributed by atoms with E-state index in [-0.39, 0.29) is 12.2 Å².